The number of hydrogen-bond acceptors (Lipinski definition) is 14. The molecule has 0 heterocycles. The maximum atomic E-state index is 13.0. The van der Waals surface area contributed by atoms with Crippen molar-refractivity contribution in [1.29, 1.82) is 0 Å². The molecule has 0 aliphatic rings. The van der Waals surface area contributed by atoms with Crippen molar-refractivity contribution in [3.05, 3.63) is 182 Å². The summed E-state index contributed by atoms with van der Waals surface area (Å²) in [6.07, 6.45) is 118. The van der Waals surface area contributed by atoms with Gasteiger partial charge in [0.25, 0.3) is 0 Å². The van der Waals surface area contributed by atoms with Crippen molar-refractivity contribution in [2.45, 2.75) is 386 Å². The zero-order valence-corrected chi connectivity index (χ0v) is 75.4. The van der Waals surface area contributed by atoms with Gasteiger partial charge in [0.2, 0.25) is 0 Å². The molecule has 0 bridgehead atoms. The number of phosphoric ester groups is 2. The lowest BCUT2D eigenvalue weighted by atomic mass is 10.0. The van der Waals surface area contributed by atoms with Crippen LogP contribution in [0.1, 0.15) is 367 Å². The Hall–Kier alpha value is -5.35. The Morgan fingerprint density at radius 2 is 0.462 bits per heavy atom. The molecule has 4 N–H and O–H groups in total. The first kappa shape index (κ1) is 112. The highest BCUT2D eigenvalue weighted by Crippen LogP contribution is 2.45. The van der Waals surface area contributed by atoms with Gasteiger partial charge in [-0.25, -0.2) is 9.13 Å². The lowest BCUT2D eigenvalue weighted by molar-refractivity contribution is -0.161. The Kier molecular flexibility index (Phi) is 85.8. The maximum Gasteiger partial charge on any atom is 0.472 e. The third-order valence-electron chi connectivity index (χ3n) is 19.1. The summed E-state index contributed by atoms with van der Waals surface area (Å²) >= 11 is 0. The van der Waals surface area contributed by atoms with E-state index in [1.807, 2.05) is 12.2 Å². The summed E-state index contributed by atoms with van der Waals surface area (Å²) < 4.78 is 61.3. The summed E-state index contributed by atoms with van der Waals surface area (Å²) in [6, 6.07) is 0. The highest BCUT2D eigenvalue weighted by Gasteiger charge is 2.29. The van der Waals surface area contributed by atoms with Gasteiger partial charge in [-0.2, -0.15) is 0 Å². The second-order valence-electron chi connectivity index (χ2n) is 30.3. The third kappa shape index (κ3) is 91.2. The van der Waals surface area contributed by atoms with Crippen LogP contribution in [0.15, 0.2) is 182 Å². The highest BCUT2D eigenvalue weighted by atomic mass is 31.2. The average molecular weight is 1670 g/mol. The molecule has 0 saturated heterocycles. The molecule has 0 fully saturated rings. The summed E-state index contributed by atoms with van der Waals surface area (Å²) in [7, 11) is -9.83. The number of allylic oxidation sites excluding steroid dienone is 30. The largest absolute Gasteiger partial charge is 0.472 e. The van der Waals surface area contributed by atoms with E-state index in [1.165, 1.54) is 161 Å². The van der Waals surface area contributed by atoms with Crippen molar-refractivity contribution in [3.63, 3.8) is 0 Å². The van der Waals surface area contributed by atoms with Crippen molar-refractivity contribution in [3.8, 4) is 0 Å². The van der Waals surface area contributed by atoms with Crippen molar-refractivity contribution in [2.75, 3.05) is 39.6 Å². The molecular weight excluding hydrogens is 1510 g/mol. The van der Waals surface area contributed by atoms with Gasteiger partial charge in [0.15, 0.2) is 6.10 Å². The molecule has 0 rings (SSSR count). The van der Waals surface area contributed by atoms with Gasteiger partial charge in [-0.3, -0.25) is 32.5 Å². The van der Waals surface area contributed by atoms with Crippen molar-refractivity contribution in [1.82, 2.24) is 0 Å². The molecule has 0 aromatic carbocycles. The zero-order chi connectivity index (χ0) is 85.1. The molecule has 5 atom stereocenters. The van der Waals surface area contributed by atoms with E-state index >= 15 is 0 Å². The van der Waals surface area contributed by atoms with Crippen molar-refractivity contribution < 1.29 is 75.8 Å². The molecule has 0 saturated carbocycles. The number of unbranched alkanes of at least 4 members (excludes halogenated alkanes) is 33. The standard InChI is InChI=1S/C99H166O16P2/c1-4-7-10-13-16-19-22-25-28-31-33-35-37-39-41-43-45-46-48-50-51-53-55-57-59-62-64-67-70-73-76-79-82-85-97(102)109-88-94(100)89-111-116(105,106)112-90-95(101)91-113-117(107,108)114-93-96(115-99(104)87-84-81-78-75-72-69-66-61-30-27-24-21-18-15-12-9-6-3)92-110-98(103)86-83-80-77-74-71-68-65-63-60-58-56-54-52-49-47-44-42-40-38-36-34-32-29-26-23-20-17-14-11-8-5-2/h8-9,11-12,16-21,25-30,33-36,39-42,47,49,66,69,75,78,94-96,100-101H,4-7,10,13-15,22-24,31-32,37-38,43-46,48,50-65,67-68,70-74,76-77,79-93H2,1-3H3,(H,105,106)(H,107,108)/b11-8-,12-9-,19-16-,20-17-,21-18-,28-25-,29-26-,30-27-,35-33-,36-34-,41-39-,42-40-,49-47-,69-66-,78-75-. The van der Waals surface area contributed by atoms with Gasteiger partial charge in [0, 0.05) is 19.3 Å². The third-order valence-corrected chi connectivity index (χ3v) is 21.0. The highest BCUT2D eigenvalue weighted by molar-refractivity contribution is 7.47. The molecule has 18 heteroatoms. The summed E-state index contributed by atoms with van der Waals surface area (Å²) in [4.78, 5) is 58.9. The number of ether oxygens (including phenoxy) is 3. The van der Waals surface area contributed by atoms with Crippen molar-refractivity contribution in [2.24, 2.45) is 0 Å². The first-order chi connectivity index (χ1) is 57.2. The van der Waals surface area contributed by atoms with Crippen LogP contribution < -0.4 is 0 Å². The van der Waals surface area contributed by atoms with Crippen LogP contribution in [0.3, 0.4) is 0 Å². The number of carbonyl (C=O) groups excluding carboxylic acids is 3. The number of phosphoric acid groups is 2. The van der Waals surface area contributed by atoms with Crippen LogP contribution >= 0.6 is 15.6 Å². The summed E-state index contributed by atoms with van der Waals surface area (Å²) in [5.41, 5.74) is 0. The van der Waals surface area contributed by atoms with Crippen LogP contribution in [0, 0.1) is 0 Å². The lowest BCUT2D eigenvalue weighted by Gasteiger charge is -2.21. The molecule has 0 aromatic heterocycles. The zero-order valence-electron chi connectivity index (χ0n) is 73.6. The molecule has 117 heavy (non-hydrogen) atoms. The molecule has 0 aromatic rings. The molecule has 5 unspecified atom stereocenters. The van der Waals surface area contributed by atoms with E-state index in [-0.39, 0.29) is 19.3 Å². The van der Waals surface area contributed by atoms with E-state index < -0.39 is 91.5 Å². The second kappa shape index (κ2) is 89.9. The minimum Gasteiger partial charge on any atom is -0.463 e. The minimum absolute atomic E-state index is 0.0209. The summed E-state index contributed by atoms with van der Waals surface area (Å²) in [6.45, 7) is 2.38. The first-order valence-corrected chi connectivity index (χ1v) is 49.1. The Morgan fingerprint density at radius 1 is 0.248 bits per heavy atom. The van der Waals surface area contributed by atoms with Gasteiger partial charge in [-0.05, 0) is 154 Å². The van der Waals surface area contributed by atoms with Crippen LogP contribution in [-0.4, -0.2) is 95.9 Å². The number of esters is 3. The first-order valence-electron chi connectivity index (χ1n) is 46.1. The quantitative estimate of drug-likeness (QED) is 0.0146. The van der Waals surface area contributed by atoms with E-state index in [0.717, 1.165) is 141 Å². The average Bonchev–Trinajstić information content (AvgIpc) is 0.894. The molecular formula is C99H166O16P2. The lowest BCUT2D eigenvalue weighted by Crippen LogP contribution is -2.30. The van der Waals surface area contributed by atoms with Crippen LogP contribution in [0.5, 0.6) is 0 Å². The van der Waals surface area contributed by atoms with Gasteiger partial charge < -0.3 is 34.2 Å². The van der Waals surface area contributed by atoms with Crippen molar-refractivity contribution >= 4 is 33.6 Å². The number of aliphatic hydroxyl groups excluding tert-OH is 2. The number of carbonyl (C=O) groups is 3. The normalized spacial score (nSPS) is 14.6. The summed E-state index contributed by atoms with van der Waals surface area (Å²) in [5.74, 6) is -1.64. The van der Waals surface area contributed by atoms with Gasteiger partial charge in [-0.15, -0.1) is 0 Å². The van der Waals surface area contributed by atoms with Gasteiger partial charge in [0.05, 0.1) is 26.4 Å². The van der Waals surface area contributed by atoms with Gasteiger partial charge in [0.1, 0.15) is 25.4 Å². The maximum absolute atomic E-state index is 13.0. The number of rotatable bonds is 86. The molecule has 0 spiro atoms. The van der Waals surface area contributed by atoms with E-state index in [1.54, 1.807) is 0 Å². The topological polar surface area (TPSA) is 231 Å². The number of aliphatic hydroxyl groups is 2. The van der Waals surface area contributed by atoms with E-state index in [2.05, 4.69) is 191 Å². The Balaban J connectivity index is 4.53. The Labute approximate surface area is 713 Å². The van der Waals surface area contributed by atoms with E-state index in [0.29, 0.717) is 25.7 Å². The second-order valence-corrected chi connectivity index (χ2v) is 33.2. The fourth-order valence-corrected chi connectivity index (χ4v) is 13.8. The SMILES string of the molecule is CC/C=C\C/C=C\C/C=C\C/C=C\C/C=C\C/C=C\CCCCCCCCCCCCCCC(=O)OCC(COP(=O)(O)OCC(O)COP(=O)(O)OCC(O)COC(=O)CCCCCCCCCCCCCCCCCCC/C=C\C/C=C\C/C=C\C/C=C\CCCCC)OC(=O)CCC/C=C\C/C=C\C/C=C\C/C=C\C/C=C\CC. The molecule has 0 amide bonds. The Bertz CT molecular complexity index is 2860. The molecule has 0 radical (unpaired) electrons. The monoisotopic (exact) mass is 1670 g/mol. The van der Waals surface area contributed by atoms with Gasteiger partial charge in [-0.1, -0.05) is 376 Å². The van der Waals surface area contributed by atoms with Gasteiger partial charge >= 0.3 is 33.6 Å². The van der Waals surface area contributed by atoms with Crippen LogP contribution in [0.4, 0.5) is 0 Å². The molecule has 668 valence electrons. The molecule has 16 nitrogen and oxygen atoms in total. The predicted octanol–water partition coefficient (Wildman–Crippen LogP) is 28.4. The van der Waals surface area contributed by atoms with Crippen LogP contribution in [0.2, 0.25) is 0 Å². The predicted molar refractivity (Wildman–Crippen MR) is 491 cm³/mol. The molecule has 0 aliphatic carbocycles. The van der Waals surface area contributed by atoms with Crippen LogP contribution in [0.25, 0.3) is 0 Å². The van der Waals surface area contributed by atoms with E-state index in [9.17, 15) is 43.5 Å². The summed E-state index contributed by atoms with van der Waals surface area (Å²) in [5, 5.41) is 20.7. The fourth-order valence-electron chi connectivity index (χ4n) is 12.2. The molecule has 0 aliphatic heterocycles. The minimum atomic E-state index is -4.96. The Morgan fingerprint density at radius 3 is 0.744 bits per heavy atom. The van der Waals surface area contributed by atoms with Crippen LogP contribution in [-0.2, 0) is 55.8 Å². The number of hydrogen-bond donors (Lipinski definition) is 4. The smallest absolute Gasteiger partial charge is 0.463 e. The fraction of sp³-hybridized carbons (Fsp3) is 0.667. The van der Waals surface area contributed by atoms with E-state index in [4.69, 9.17) is 32.3 Å².